The van der Waals surface area contributed by atoms with Gasteiger partial charge in [-0.3, -0.25) is 29.0 Å². The highest BCUT2D eigenvalue weighted by atomic mass is 16.4. The highest BCUT2D eigenvalue weighted by Crippen LogP contribution is 2.13. The summed E-state index contributed by atoms with van der Waals surface area (Å²) >= 11 is 0. The SMILES string of the molecule is CCCCCCCCCCCCCCCC(=O)N[C@@H](CCC(=O)O)C(=O)N[C@@H](CCCN=C(N)N)C(=O)N[C@@H](Cc1cnc[nH]1)C(=O)NC. The number of aromatic amines is 1. The minimum Gasteiger partial charge on any atom is -0.481 e. The molecule has 1 heterocycles. The number of guanidine groups is 1. The van der Waals surface area contributed by atoms with Crippen LogP contribution in [0.1, 0.15) is 128 Å². The number of nitrogens with one attached hydrogen (secondary N) is 5. The number of aliphatic imine (C=N–C) groups is 1. The number of carboxylic acid groups (broad SMARTS) is 1. The van der Waals surface area contributed by atoms with Gasteiger partial charge >= 0.3 is 5.97 Å². The molecule has 3 atom stereocenters. The van der Waals surface area contributed by atoms with Gasteiger partial charge in [0.25, 0.3) is 0 Å². The number of carbonyl (C=O) groups is 5. The molecule has 10 N–H and O–H groups in total. The first-order valence-electron chi connectivity index (χ1n) is 17.9. The normalized spacial score (nSPS) is 12.7. The molecule has 0 radical (unpaired) electrons. The minimum absolute atomic E-state index is 0.109. The van der Waals surface area contributed by atoms with Gasteiger partial charge in [0.1, 0.15) is 18.1 Å². The van der Waals surface area contributed by atoms with Gasteiger partial charge < -0.3 is 42.8 Å². The van der Waals surface area contributed by atoms with Gasteiger partial charge in [-0.2, -0.15) is 0 Å². The van der Waals surface area contributed by atoms with Crippen LogP contribution in [0.15, 0.2) is 17.5 Å². The molecule has 1 aromatic rings. The number of hydrogen-bond acceptors (Lipinski definition) is 7. The number of rotatable bonds is 29. The molecule has 0 spiro atoms. The second-order valence-electron chi connectivity index (χ2n) is 12.5. The summed E-state index contributed by atoms with van der Waals surface area (Å²) < 4.78 is 0. The maximum Gasteiger partial charge on any atom is 0.303 e. The van der Waals surface area contributed by atoms with E-state index in [1.54, 1.807) is 0 Å². The van der Waals surface area contributed by atoms with Crippen LogP contribution in [0.4, 0.5) is 0 Å². The van der Waals surface area contributed by atoms with Crippen LogP contribution < -0.4 is 32.7 Å². The van der Waals surface area contributed by atoms with Gasteiger partial charge in [0.15, 0.2) is 5.96 Å². The number of likely N-dealkylation sites (N-methyl/N-ethyl adjacent to an activating group) is 1. The molecule has 0 aliphatic rings. The number of nitrogens with zero attached hydrogens (tertiary/aromatic N) is 2. The number of unbranched alkanes of at least 4 members (excludes halogenated alkanes) is 12. The third-order valence-corrected chi connectivity index (χ3v) is 8.24. The van der Waals surface area contributed by atoms with Crippen molar-refractivity contribution in [1.29, 1.82) is 0 Å². The van der Waals surface area contributed by atoms with E-state index in [0.717, 1.165) is 19.3 Å². The molecule has 1 aromatic heterocycles. The highest BCUT2D eigenvalue weighted by molar-refractivity contribution is 5.94. The lowest BCUT2D eigenvalue weighted by Crippen LogP contribution is -2.57. The molecule has 278 valence electrons. The Labute approximate surface area is 291 Å². The van der Waals surface area contributed by atoms with E-state index in [0.29, 0.717) is 18.5 Å². The lowest BCUT2D eigenvalue weighted by Gasteiger charge is -2.25. The summed E-state index contributed by atoms with van der Waals surface area (Å²) in [6.07, 6.45) is 18.5. The standard InChI is InChI=1S/C34H61N9O6/c1-3-4-5-6-7-8-9-10-11-12-13-14-15-18-29(44)41-27(19-20-30(45)46)33(49)42-26(17-16-21-39-34(35)36)32(48)43-28(31(47)37-2)22-25-23-38-24-40-25/h23-24,26-28H,3-22H2,1-2H3,(H,37,47)(H,38,40)(H,41,44)(H,42,49)(H,43,48)(H,45,46)(H4,35,36,39)/t26-,27-,28-/m0/s1. The number of amides is 4. The number of aromatic nitrogens is 2. The third kappa shape index (κ3) is 21.4. The van der Waals surface area contributed by atoms with Crippen molar-refractivity contribution in [2.45, 2.75) is 147 Å². The third-order valence-electron chi connectivity index (χ3n) is 8.24. The van der Waals surface area contributed by atoms with Gasteiger partial charge in [0, 0.05) is 44.7 Å². The number of carboxylic acids is 1. The average molecular weight is 692 g/mol. The minimum atomic E-state index is -1.17. The maximum absolute atomic E-state index is 13.4. The van der Waals surface area contributed by atoms with Crippen molar-refractivity contribution in [1.82, 2.24) is 31.2 Å². The van der Waals surface area contributed by atoms with Crippen LogP contribution in [0.5, 0.6) is 0 Å². The lowest BCUT2D eigenvalue weighted by molar-refractivity contribution is -0.138. The van der Waals surface area contributed by atoms with Crippen LogP contribution in [-0.4, -0.2) is 82.4 Å². The molecule has 0 fully saturated rings. The number of nitrogens with two attached hydrogens (primary N) is 2. The van der Waals surface area contributed by atoms with Crippen molar-refractivity contribution < 1.29 is 29.1 Å². The Hall–Kier alpha value is -4.17. The first kappa shape index (κ1) is 42.9. The van der Waals surface area contributed by atoms with E-state index in [4.69, 9.17) is 11.5 Å². The molecular formula is C34H61N9O6. The summed E-state index contributed by atoms with van der Waals surface area (Å²) in [4.78, 5) is 74.3. The molecule has 0 unspecified atom stereocenters. The van der Waals surface area contributed by atoms with Crippen molar-refractivity contribution in [2.75, 3.05) is 13.6 Å². The second-order valence-corrected chi connectivity index (χ2v) is 12.5. The largest absolute Gasteiger partial charge is 0.481 e. The Balaban J connectivity index is 2.72. The number of aliphatic carboxylic acids is 1. The Morgan fingerprint density at radius 3 is 1.82 bits per heavy atom. The first-order valence-corrected chi connectivity index (χ1v) is 17.9. The fourth-order valence-corrected chi connectivity index (χ4v) is 5.42. The van der Waals surface area contributed by atoms with Gasteiger partial charge in [-0.15, -0.1) is 0 Å². The van der Waals surface area contributed by atoms with E-state index in [-0.39, 0.29) is 50.5 Å². The van der Waals surface area contributed by atoms with Crippen molar-refractivity contribution in [3.8, 4) is 0 Å². The zero-order chi connectivity index (χ0) is 36.3. The Morgan fingerprint density at radius 2 is 1.31 bits per heavy atom. The smallest absolute Gasteiger partial charge is 0.303 e. The van der Waals surface area contributed by atoms with Crippen LogP contribution >= 0.6 is 0 Å². The van der Waals surface area contributed by atoms with E-state index >= 15 is 0 Å². The van der Waals surface area contributed by atoms with Gasteiger partial charge in [0.05, 0.1) is 6.33 Å². The van der Waals surface area contributed by atoms with E-state index in [2.05, 4.69) is 43.2 Å². The summed E-state index contributed by atoms with van der Waals surface area (Å²) in [6.45, 7) is 2.42. The molecule has 49 heavy (non-hydrogen) atoms. The summed E-state index contributed by atoms with van der Waals surface area (Å²) in [5.41, 5.74) is 11.4. The van der Waals surface area contributed by atoms with Crippen LogP contribution in [-0.2, 0) is 30.4 Å². The molecule has 0 saturated carbocycles. The molecule has 15 nitrogen and oxygen atoms in total. The molecule has 0 bridgehead atoms. The first-order chi connectivity index (χ1) is 23.6. The molecule has 4 amide bonds. The van der Waals surface area contributed by atoms with Gasteiger partial charge in [-0.05, 0) is 25.7 Å². The van der Waals surface area contributed by atoms with Crippen molar-refractivity contribution in [2.24, 2.45) is 16.5 Å². The quantitative estimate of drug-likeness (QED) is 0.0349. The summed E-state index contributed by atoms with van der Waals surface area (Å²) in [5, 5.41) is 19.8. The number of carbonyl (C=O) groups excluding carboxylic acids is 4. The Kier molecular flexibility index (Phi) is 23.4. The zero-order valence-electron chi connectivity index (χ0n) is 29.6. The Morgan fingerprint density at radius 1 is 0.755 bits per heavy atom. The lowest BCUT2D eigenvalue weighted by atomic mass is 10.0. The van der Waals surface area contributed by atoms with Crippen molar-refractivity contribution >= 4 is 35.6 Å². The number of hydrogen-bond donors (Lipinski definition) is 8. The van der Waals surface area contributed by atoms with Crippen molar-refractivity contribution in [3.05, 3.63) is 18.2 Å². The molecule has 1 rings (SSSR count). The number of imidazole rings is 1. The van der Waals surface area contributed by atoms with E-state index in [1.165, 1.54) is 77.4 Å². The molecular weight excluding hydrogens is 630 g/mol. The summed E-state index contributed by atoms with van der Waals surface area (Å²) in [5.74, 6) is -3.39. The van der Waals surface area contributed by atoms with Gasteiger partial charge in [-0.25, -0.2) is 4.98 Å². The van der Waals surface area contributed by atoms with Crippen molar-refractivity contribution in [3.63, 3.8) is 0 Å². The molecule has 0 aromatic carbocycles. The van der Waals surface area contributed by atoms with E-state index in [1.807, 2.05) is 0 Å². The van der Waals surface area contributed by atoms with Crippen LogP contribution in [0.2, 0.25) is 0 Å². The second kappa shape index (κ2) is 26.7. The predicted octanol–water partition coefficient (Wildman–Crippen LogP) is 2.55. The molecule has 0 aliphatic carbocycles. The maximum atomic E-state index is 13.4. The number of H-pyrrole nitrogens is 1. The molecule has 15 heteroatoms. The van der Waals surface area contributed by atoms with Crippen LogP contribution in [0.25, 0.3) is 0 Å². The summed E-state index contributed by atoms with van der Waals surface area (Å²) in [6, 6.07) is -3.27. The average Bonchev–Trinajstić information content (AvgIpc) is 3.58. The topological polar surface area (TPSA) is 247 Å². The zero-order valence-corrected chi connectivity index (χ0v) is 29.6. The Bertz CT molecular complexity index is 1130. The van der Waals surface area contributed by atoms with Crippen LogP contribution in [0, 0.1) is 0 Å². The van der Waals surface area contributed by atoms with E-state index in [9.17, 15) is 29.1 Å². The van der Waals surface area contributed by atoms with E-state index < -0.39 is 41.8 Å². The van der Waals surface area contributed by atoms with Gasteiger partial charge in [-0.1, -0.05) is 84.0 Å². The summed E-state index contributed by atoms with van der Waals surface area (Å²) in [7, 11) is 1.44. The fraction of sp³-hybridized carbons (Fsp3) is 0.735. The predicted molar refractivity (Wildman–Crippen MR) is 189 cm³/mol. The highest BCUT2D eigenvalue weighted by Gasteiger charge is 2.30. The monoisotopic (exact) mass is 691 g/mol. The van der Waals surface area contributed by atoms with Gasteiger partial charge in [0.2, 0.25) is 23.6 Å². The molecule has 0 aliphatic heterocycles. The van der Waals surface area contributed by atoms with Crippen LogP contribution in [0.3, 0.4) is 0 Å². The fourth-order valence-electron chi connectivity index (χ4n) is 5.42. The molecule has 0 saturated heterocycles.